The number of carbonyl (C=O) groups is 2. The molecule has 3 N–H and O–H groups in total. The van der Waals surface area contributed by atoms with Crippen molar-refractivity contribution in [1.29, 1.82) is 5.26 Å². The van der Waals surface area contributed by atoms with E-state index in [1.165, 1.54) is 6.33 Å². The molecule has 1 aromatic carbocycles. The number of esters is 1. The fourth-order valence-electron chi connectivity index (χ4n) is 5.84. The summed E-state index contributed by atoms with van der Waals surface area (Å²) in [7, 11) is 0. The molecule has 0 aliphatic carbocycles. The highest BCUT2D eigenvalue weighted by Crippen LogP contribution is 2.44. The normalized spacial score (nSPS) is 21.7. The molecule has 2 saturated heterocycles. The monoisotopic (exact) mass is 702 g/mol. The van der Waals surface area contributed by atoms with Crippen LogP contribution < -0.4 is 11.1 Å². The Morgan fingerprint density at radius 3 is 2.37 bits per heavy atom. The van der Waals surface area contributed by atoms with E-state index in [2.05, 4.69) is 38.2 Å². The van der Waals surface area contributed by atoms with Crippen LogP contribution in [0.3, 0.4) is 0 Å². The molecule has 0 unspecified atom stereocenters. The number of nitrogen functional groups attached to an aromatic ring is 1. The predicted molar refractivity (Wildman–Crippen MR) is 186 cm³/mol. The number of alkyl carbamates (subject to hydrolysis) is 1. The molecule has 2 aliphatic rings. The molecule has 2 aromatic heterocycles. The highest BCUT2D eigenvalue weighted by molar-refractivity contribution is 5.82. The molecule has 4 heterocycles. The lowest BCUT2D eigenvalue weighted by Crippen LogP contribution is -2.48. The largest absolute Gasteiger partial charge is 0.458 e. The Morgan fingerprint density at radius 1 is 1.04 bits per heavy atom. The number of fused-ring (bicyclic) bond motifs is 2. The van der Waals surface area contributed by atoms with Crippen LogP contribution in [0.1, 0.15) is 79.2 Å². The van der Waals surface area contributed by atoms with E-state index < -0.39 is 59.6 Å². The van der Waals surface area contributed by atoms with Crippen molar-refractivity contribution >= 4 is 29.0 Å². The zero-order chi connectivity index (χ0) is 37.1. The second kappa shape index (κ2) is 14.8. The molecule has 2 fully saturated rings. The van der Waals surface area contributed by atoms with E-state index in [-0.39, 0.29) is 18.8 Å². The topological polar surface area (TPSA) is 189 Å². The molecule has 51 heavy (non-hydrogen) atoms. The Labute approximate surface area is 297 Å². The lowest BCUT2D eigenvalue weighted by molar-refractivity contribution is -0.197. The van der Waals surface area contributed by atoms with Gasteiger partial charge in [-0.05, 0) is 86.1 Å². The van der Waals surface area contributed by atoms with Gasteiger partial charge in [-0.3, -0.25) is 9.47 Å². The molecule has 0 radical (unpaired) electrons. The van der Waals surface area contributed by atoms with Crippen molar-refractivity contribution in [2.45, 2.75) is 109 Å². The van der Waals surface area contributed by atoms with Gasteiger partial charge in [0, 0.05) is 18.7 Å². The third-order valence-electron chi connectivity index (χ3n) is 7.89. The summed E-state index contributed by atoms with van der Waals surface area (Å²) in [6.07, 6.45) is 0.295. The lowest BCUT2D eigenvalue weighted by atomic mass is 10.1. The fraction of sp³-hybridized carbons (Fsp3) is 0.556. The number of rotatable bonds is 9. The van der Waals surface area contributed by atoms with Crippen LogP contribution in [-0.2, 0) is 28.5 Å². The lowest BCUT2D eigenvalue weighted by Gasteiger charge is -2.30. The number of imidazole rings is 1. The van der Waals surface area contributed by atoms with Crippen LogP contribution in [0.2, 0.25) is 0 Å². The van der Waals surface area contributed by atoms with Crippen molar-refractivity contribution in [2.24, 2.45) is 0 Å². The van der Waals surface area contributed by atoms with Gasteiger partial charge in [-0.25, -0.2) is 24.5 Å². The van der Waals surface area contributed by atoms with Crippen LogP contribution in [0.5, 0.6) is 0 Å². The molecular weight excluding hydrogens is 656 g/mol. The van der Waals surface area contributed by atoms with Crippen molar-refractivity contribution in [3.63, 3.8) is 0 Å². The number of nitrogens with one attached hydrogen (secondary N) is 1. The number of benzene rings is 1. The average Bonchev–Trinajstić information content (AvgIpc) is 3.69. The van der Waals surface area contributed by atoms with Gasteiger partial charge in [-0.2, -0.15) is 5.26 Å². The zero-order valence-electron chi connectivity index (χ0n) is 30.3. The van der Waals surface area contributed by atoms with Crippen molar-refractivity contribution in [1.82, 2.24) is 29.7 Å². The molecular formula is C36H46N8O7. The van der Waals surface area contributed by atoms with Crippen molar-refractivity contribution in [2.75, 3.05) is 25.4 Å². The number of nitriles is 1. The summed E-state index contributed by atoms with van der Waals surface area (Å²) in [4.78, 5) is 41.0. The number of hydrogen-bond donors (Lipinski definition) is 2. The minimum absolute atomic E-state index is 0.183. The zero-order valence-corrected chi connectivity index (χ0v) is 30.3. The van der Waals surface area contributed by atoms with Gasteiger partial charge >= 0.3 is 12.1 Å². The van der Waals surface area contributed by atoms with E-state index in [4.69, 9.17) is 34.7 Å². The van der Waals surface area contributed by atoms with Crippen LogP contribution in [0, 0.1) is 23.2 Å². The van der Waals surface area contributed by atoms with E-state index in [0.717, 1.165) is 5.56 Å². The Kier molecular flexibility index (Phi) is 10.9. The van der Waals surface area contributed by atoms with Gasteiger partial charge < -0.3 is 34.7 Å². The van der Waals surface area contributed by atoms with Crippen LogP contribution in [-0.4, -0.2) is 97.5 Å². The first-order valence-corrected chi connectivity index (χ1v) is 16.8. The molecule has 5 atom stereocenters. The number of aromatic nitrogens is 4. The SMILES string of the molecule is CC(C)(C)OC(=O)N[C@@H](CCN(CC#Cc1ccc(C#N)cc1)C[C@H]1O[C@@H](n2cnc3c(N)ncnc32)[C@@H]2OC(C)(C)O[C@@H]21)C(=O)OC(C)(C)C. The quantitative estimate of drug-likeness (QED) is 0.243. The maximum atomic E-state index is 13.3. The van der Waals surface area contributed by atoms with E-state index >= 15 is 0 Å². The summed E-state index contributed by atoms with van der Waals surface area (Å²) < 4.78 is 32.3. The number of hydrogen-bond acceptors (Lipinski definition) is 13. The predicted octanol–water partition coefficient (Wildman–Crippen LogP) is 3.68. The van der Waals surface area contributed by atoms with Crippen LogP contribution >= 0.6 is 0 Å². The average molecular weight is 703 g/mol. The van der Waals surface area contributed by atoms with Crippen molar-refractivity contribution < 1.29 is 33.3 Å². The van der Waals surface area contributed by atoms with Crippen LogP contribution in [0.15, 0.2) is 36.9 Å². The summed E-state index contributed by atoms with van der Waals surface area (Å²) in [6.45, 7) is 15.1. The Balaban J connectivity index is 1.40. The van der Waals surface area contributed by atoms with Gasteiger partial charge in [0.2, 0.25) is 0 Å². The minimum Gasteiger partial charge on any atom is -0.458 e. The number of nitrogens with zero attached hydrogens (tertiary/aromatic N) is 6. The van der Waals surface area contributed by atoms with E-state index in [0.29, 0.717) is 29.8 Å². The van der Waals surface area contributed by atoms with Gasteiger partial charge in [0.1, 0.15) is 47.4 Å². The number of carbonyl (C=O) groups excluding carboxylic acids is 2. The summed E-state index contributed by atoms with van der Waals surface area (Å²) >= 11 is 0. The van der Waals surface area contributed by atoms with Crippen molar-refractivity contribution in [3.05, 3.63) is 48.0 Å². The highest BCUT2D eigenvalue weighted by Gasteiger charge is 2.56. The molecule has 0 spiro atoms. The standard InChI is InChI=1S/C36H46N8O7/c1-34(2,3)50-32(45)24(42-33(46)51-35(4,5)6)15-17-43(16-9-10-22-11-13-23(18-37)14-12-22)19-25-27-28(49-36(7,8)48-27)31(47-25)44-21-41-26-29(38)39-20-40-30(26)44/h11-14,20-21,24-25,27-28,31H,15-17,19H2,1-8H3,(H,42,46)(H2,38,39,40)/t24-,25+,27+,28+,31+/m0/s1. The molecule has 272 valence electrons. The van der Waals surface area contributed by atoms with Gasteiger partial charge in [0.15, 0.2) is 23.5 Å². The second-order valence-electron chi connectivity index (χ2n) is 15.0. The molecule has 3 aromatic rings. The Bertz CT molecular complexity index is 1830. The fourth-order valence-corrected chi connectivity index (χ4v) is 5.84. The molecule has 2 aliphatic heterocycles. The van der Waals surface area contributed by atoms with E-state index in [1.54, 1.807) is 76.7 Å². The van der Waals surface area contributed by atoms with Gasteiger partial charge in [-0.1, -0.05) is 11.8 Å². The van der Waals surface area contributed by atoms with Gasteiger partial charge in [-0.15, -0.1) is 0 Å². The van der Waals surface area contributed by atoms with Crippen LogP contribution in [0.25, 0.3) is 11.2 Å². The maximum absolute atomic E-state index is 13.3. The Morgan fingerprint density at radius 2 is 1.71 bits per heavy atom. The van der Waals surface area contributed by atoms with E-state index in [9.17, 15) is 9.59 Å². The number of ether oxygens (including phenoxy) is 5. The third kappa shape index (κ3) is 9.71. The van der Waals surface area contributed by atoms with Gasteiger partial charge in [0.25, 0.3) is 0 Å². The number of nitrogens with two attached hydrogens (primary N) is 1. The maximum Gasteiger partial charge on any atom is 0.408 e. The molecule has 0 saturated carbocycles. The second-order valence-corrected chi connectivity index (χ2v) is 15.0. The summed E-state index contributed by atoms with van der Waals surface area (Å²) in [5.41, 5.74) is 6.75. The molecule has 1 amide bonds. The molecule has 0 bridgehead atoms. The van der Waals surface area contributed by atoms with Crippen molar-refractivity contribution in [3.8, 4) is 17.9 Å². The molecule has 5 rings (SSSR count). The van der Waals surface area contributed by atoms with E-state index in [1.807, 2.05) is 18.7 Å². The summed E-state index contributed by atoms with van der Waals surface area (Å²) in [5, 5.41) is 11.9. The third-order valence-corrected chi connectivity index (χ3v) is 7.89. The first kappa shape index (κ1) is 37.5. The van der Waals surface area contributed by atoms with Crippen LogP contribution in [0.4, 0.5) is 10.6 Å². The number of amides is 1. The summed E-state index contributed by atoms with van der Waals surface area (Å²) in [5.74, 6) is 5.14. The molecule has 15 heteroatoms. The first-order valence-electron chi connectivity index (χ1n) is 16.8. The first-order chi connectivity index (χ1) is 23.9. The summed E-state index contributed by atoms with van der Waals surface area (Å²) in [6, 6.07) is 8.08. The number of anilines is 1. The Hall–Kier alpha value is -4.80. The molecule has 15 nitrogen and oxygen atoms in total. The van der Waals surface area contributed by atoms with Gasteiger partial charge in [0.05, 0.1) is 24.5 Å². The highest BCUT2D eigenvalue weighted by atomic mass is 16.8. The smallest absolute Gasteiger partial charge is 0.408 e. The minimum atomic E-state index is -1.01.